The van der Waals surface area contributed by atoms with E-state index in [1.54, 1.807) is 22.3 Å². The molecule has 1 atom stereocenters. The van der Waals surface area contributed by atoms with Gasteiger partial charge in [-0.1, -0.05) is 12.1 Å². The van der Waals surface area contributed by atoms with Gasteiger partial charge in [-0.25, -0.2) is 9.37 Å². The molecule has 33 heavy (non-hydrogen) atoms. The number of nitrogens with zero attached hydrogens (tertiary/aromatic N) is 2. The van der Waals surface area contributed by atoms with E-state index in [9.17, 15) is 14.0 Å². The highest BCUT2D eigenvalue weighted by Crippen LogP contribution is 2.34. The van der Waals surface area contributed by atoms with Crippen LogP contribution in [0.1, 0.15) is 41.1 Å². The Kier molecular flexibility index (Phi) is 6.80. The van der Waals surface area contributed by atoms with Crippen molar-refractivity contribution in [1.29, 1.82) is 0 Å². The quantitative estimate of drug-likeness (QED) is 0.519. The maximum Gasteiger partial charge on any atom is 0.259 e. The lowest BCUT2D eigenvalue weighted by Gasteiger charge is -2.25. The summed E-state index contributed by atoms with van der Waals surface area (Å²) >= 11 is 3.05. The number of ether oxygens (including phenoxy) is 1. The van der Waals surface area contributed by atoms with Gasteiger partial charge in [0.2, 0.25) is 5.91 Å². The first-order chi connectivity index (χ1) is 16.1. The first kappa shape index (κ1) is 22.6. The molecule has 1 amide bonds. The molecule has 0 saturated carbocycles. The van der Waals surface area contributed by atoms with E-state index in [-0.39, 0.29) is 29.1 Å². The van der Waals surface area contributed by atoms with Gasteiger partial charge in [0.1, 0.15) is 16.5 Å². The van der Waals surface area contributed by atoms with Crippen molar-refractivity contribution in [3.05, 3.63) is 62.3 Å². The van der Waals surface area contributed by atoms with Gasteiger partial charge in [-0.3, -0.25) is 9.59 Å². The molecule has 1 saturated heterocycles. The standard InChI is InChI=1S/C24H26FN3O3S2/c25-16-5-1-4-15(10-16)11-28(12-17-6-3-9-31-17)21(29)14-32-13-20-26-23(30)22-18-7-2-8-19(18)33-24(22)27-20/h1,4-5,10,17H,2-3,6-9,11-14H2,(H,26,27,30). The third-order valence-electron chi connectivity index (χ3n) is 6.15. The summed E-state index contributed by atoms with van der Waals surface area (Å²) in [5, 5.41) is 0.746. The highest BCUT2D eigenvalue weighted by atomic mass is 32.2. The van der Waals surface area contributed by atoms with E-state index >= 15 is 0 Å². The lowest BCUT2D eigenvalue weighted by molar-refractivity contribution is -0.130. The number of fused-ring (bicyclic) bond motifs is 3. The third kappa shape index (κ3) is 5.15. The second-order valence-corrected chi connectivity index (χ2v) is 10.7. The van der Waals surface area contributed by atoms with Crippen LogP contribution in [-0.2, 0) is 34.7 Å². The monoisotopic (exact) mass is 487 g/mol. The summed E-state index contributed by atoms with van der Waals surface area (Å²) in [7, 11) is 0. The smallest absolute Gasteiger partial charge is 0.259 e. The fraction of sp³-hybridized carbons (Fsp3) is 0.458. The van der Waals surface area contributed by atoms with Crippen molar-refractivity contribution in [2.45, 2.75) is 50.5 Å². The summed E-state index contributed by atoms with van der Waals surface area (Å²) in [6.45, 7) is 1.56. The zero-order chi connectivity index (χ0) is 22.8. The Morgan fingerprint density at radius 2 is 2.24 bits per heavy atom. The molecular weight excluding hydrogens is 461 g/mol. The number of aromatic nitrogens is 2. The minimum Gasteiger partial charge on any atom is -0.376 e. The van der Waals surface area contributed by atoms with E-state index in [0.717, 1.165) is 54.5 Å². The van der Waals surface area contributed by atoms with Crippen LogP contribution in [0, 0.1) is 5.82 Å². The number of carbonyl (C=O) groups is 1. The first-order valence-corrected chi connectivity index (χ1v) is 13.3. The molecule has 9 heteroatoms. The van der Waals surface area contributed by atoms with E-state index in [0.29, 0.717) is 24.7 Å². The van der Waals surface area contributed by atoms with E-state index in [1.807, 2.05) is 6.07 Å². The minimum absolute atomic E-state index is 0.0220. The average Bonchev–Trinajstić information content (AvgIpc) is 3.51. The summed E-state index contributed by atoms with van der Waals surface area (Å²) in [5.41, 5.74) is 1.85. The highest BCUT2D eigenvalue weighted by Gasteiger charge is 2.24. The normalized spacial score (nSPS) is 17.5. The molecular formula is C24H26FN3O3S2. The molecule has 1 aliphatic carbocycles. The van der Waals surface area contributed by atoms with Crippen molar-refractivity contribution < 1.29 is 13.9 Å². The molecule has 0 bridgehead atoms. The maximum absolute atomic E-state index is 13.6. The fourth-order valence-corrected chi connectivity index (χ4v) is 6.66. The Labute approximate surface area is 199 Å². The van der Waals surface area contributed by atoms with Gasteiger partial charge < -0.3 is 14.6 Å². The SMILES string of the molecule is O=C(CSCc1nc2sc3c(c2c(=O)[nH]1)CCC3)N(Cc1cccc(F)c1)CC1CCCO1. The molecule has 0 radical (unpaired) electrons. The van der Waals surface area contributed by atoms with Crippen molar-refractivity contribution in [3.63, 3.8) is 0 Å². The molecule has 3 aromatic rings. The summed E-state index contributed by atoms with van der Waals surface area (Å²) in [4.78, 5) is 37.1. The number of benzene rings is 1. The van der Waals surface area contributed by atoms with Gasteiger partial charge in [0.25, 0.3) is 5.56 Å². The van der Waals surface area contributed by atoms with Crippen LogP contribution >= 0.6 is 23.1 Å². The van der Waals surface area contributed by atoms with Crippen LogP contribution in [0.25, 0.3) is 10.2 Å². The van der Waals surface area contributed by atoms with Crippen LogP contribution in [0.2, 0.25) is 0 Å². The number of hydrogen-bond acceptors (Lipinski definition) is 6. The number of thiophene rings is 1. The Morgan fingerprint density at radius 1 is 1.33 bits per heavy atom. The zero-order valence-electron chi connectivity index (χ0n) is 18.3. The number of amides is 1. The Balaban J connectivity index is 1.24. The number of carbonyl (C=O) groups excluding carboxylic acids is 1. The number of rotatable bonds is 8. The molecule has 2 aliphatic rings. The van der Waals surface area contributed by atoms with E-state index in [4.69, 9.17) is 4.74 Å². The Hall–Kier alpha value is -2.23. The zero-order valence-corrected chi connectivity index (χ0v) is 19.9. The molecule has 5 rings (SSSR count). The molecule has 0 spiro atoms. The average molecular weight is 488 g/mol. The summed E-state index contributed by atoms with van der Waals surface area (Å²) < 4.78 is 19.4. The summed E-state index contributed by atoms with van der Waals surface area (Å²) in [6.07, 6.45) is 5.03. The topological polar surface area (TPSA) is 75.3 Å². The van der Waals surface area contributed by atoms with E-state index < -0.39 is 0 Å². The number of H-pyrrole nitrogens is 1. The second kappa shape index (κ2) is 9.95. The van der Waals surface area contributed by atoms with Gasteiger partial charge in [-0.2, -0.15) is 0 Å². The third-order valence-corrected chi connectivity index (χ3v) is 8.27. The van der Waals surface area contributed by atoms with Crippen molar-refractivity contribution in [3.8, 4) is 0 Å². The maximum atomic E-state index is 13.6. The van der Waals surface area contributed by atoms with Crippen LogP contribution in [0.15, 0.2) is 29.1 Å². The number of thioether (sulfide) groups is 1. The van der Waals surface area contributed by atoms with Gasteiger partial charge in [0.05, 0.1) is 23.0 Å². The minimum atomic E-state index is -0.309. The lowest BCUT2D eigenvalue weighted by Crippen LogP contribution is -2.38. The summed E-state index contributed by atoms with van der Waals surface area (Å²) in [6, 6.07) is 6.35. The van der Waals surface area contributed by atoms with Gasteiger partial charge in [-0.15, -0.1) is 23.1 Å². The Bertz CT molecular complexity index is 1220. The fourth-order valence-electron chi connectivity index (χ4n) is 4.59. The van der Waals surface area contributed by atoms with E-state index in [2.05, 4.69) is 9.97 Å². The predicted octanol–water partition coefficient (Wildman–Crippen LogP) is 4.05. The van der Waals surface area contributed by atoms with Gasteiger partial charge >= 0.3 is 0 Å². The summed E-state index contributed by atoms with van der Waals surface area (Å²) in [5.74, 6) is 0.966. The van der Waals surface area contributed by atoms with Crippen molar-refractivity contribution >= 4 is 39.2 Å². The predicted molar refractivity (Wildman–Crippen MR) is 129 cm³/mol. The second-order valence-electron chi connectivity index (χ2n) is 8.58. The molecule has 6 nitrogen and oxygen atoms in total. The highest BCUT2D eigenvalue weighted by molar-refractivity contribution is 7.99. The van der Waals surface area contributed by atoms with Gasteiger partial charge in [0.15, 0.2) is 0 Å². The number of halogens is 1. The molecule has 174 valence electrons. The molecule has 1 aromatic carbocycles. The van der Waals surface area contributed by atoms with Gasteiger partial charge in [0, 0.05) is 24.6 Å². The Morgan fingerprint density at radius 3 is 3.06 bits per heavy atom. The van der Waals surface area contributed by atoms with Gasteiger partial charge in [-0.05, 0) is 55.4 Å². The van der Waals surface area contributed by atoms with Crippen LogP contribution < -0.4 is 5.56 Å². The van der Waals surface area contributed by atoms with Crippen molar-refractivity contribution in [1.82, 2.24) is 14.9 Å². The molecule has 2 aromatic heterocycles. The van der Waals surface area contributed by atoms with Crippen LogP contribution in [0.4, 0.5) is 4.39 Å². The first-order valence-electron chi connectivity index (χ1n) is 11.3. The van der Waals surface area contributed by atoms with Crippen LogP contribution in [-0.4, -0.2) is 45.8 Å². The van der Waals surface area contributed by atoms with Crippen LogP contribution in [0.5, 0.6) is 0 Å². The largest absolute Gasteiger partial charge is 0.376 e. The van der Waals surface area contributed by atoms with Crippen molar-refractivity contribution in [2.75, 3.05) is 18.9 Å². The molecule has 3 heterocycles. The van der Waals surface area contributed by atoms with Crippen LogP contribution in [0.3, 0.4) is 0 Å². The molecule has 1 N–H and O–H groups in total. The molecule has 1 unspecified atom stereocenters. The lowest BCUT2D eigenvalue weighted by atomic mass is 10.2. The molecule has 1 aliphatic heterocycles. The van der Waals surface area contributed by atoms with E-state index in [1.165, 1.54) is 34.3 Å². The van der Waals surface area contributed by atoms with Crippen molar-refractivity contribution in [2.24, 2.45) is 0 Å². The number of nitrogens with one attached hydrogen (secondary N) is 1. The molecule has 1 fully saturated rings. The number of aromatic amines is 1. The number of hydrogen-bond donors (Lipinski definition) is 1. The number of aryl methyl sites for hydroxylation is 2.